The van der Waals surface area contributed by atoms with Crippen molar-refractivity contribution in [2.75, 3.05) is 14.2 Å². The minimum Gasteiger partial charge on any atom is -0.497 e. The molecular formula is C15H24NO2+. The van der Waals surface area contributed by atoms with Gasteiger partial charge < -0.3 is 14.8 Å². The van der Waals surface area contributed by atoms with Gasteiger partial charge in [-0.3, -0.25) is 0 Å². The van der Waals surface area contributed by atoms with Crippen LogP contribution in [0.1, 0.15) is 31.7 Å². The molecule has 0 unspecified atom stereocenters. The van der Waals surface area contributed by atoms with Crippen LogP contribution in [-0.2, 0) is 6.54 Å². The minimum absolute atomic E-state index is 0.789. The van der Waals surface area contributed by atoms with Crippen LogP contribution in [-0.4, -0.2) is 20.3 Å². The van der Waals surface area contributed by atoms with Gasteiger partial charge in [-0.2, -0.15) is 0 Å². The zero-order valence-electron chi connectivity index (χ0n) is 11.6. The van der Waals surface area contributed by atoms with Crippen LogP contribution in [0.5, 0.6) is 11.5 Å². The summed E-state index contributed by atoms with van der Waals surface area (Å²) in [5.74, 6) is 2.64. The van der Waals surface area contributed by atoms with Crippen molar-refractivity contribution in [1.82, 2.24) is 0 Å². The van der Waals surface area contributed by atoms with E-state index in [1.165, 1.54) is 24.8 Å². The van der Waals surface area contributed by atoms with Crippen molar-refractivity contribution in [3.05, 3.63) is 23.8 Å². The van der Waals surface area contributed by atoms with Crippen LogP contribution in [0.3, 0.4) is 0 Å². The maximum absolute atomic E-state index is 5.29. The summed E-state index contributed by atoms with van der Waals surface area (Å²) in [6, 6.07) is 6.90. The summed E-state index contributed by atoms with van der Waals surface area (Å²) < 4.78 is 10.6. The summed E-state index contributed by atoms with van der Waals surface area (Å²) in [7, 11) is 3.39. The number of ether oxygens (including phenoxy) is 2. The van der Waals surface area contributed by atoms with Gasteiger partial charge in [0.1, 0.15) is 18.0 Å². The summed E-state index contributed by atoms with van der Waals surface area (Å²) in [5, 5.41) is 2.46. The molecule has 0 amide bonds. The molecule has 0 radical (unpaired) electrons. The Hall–Kier alpha value is -1.22. The first kappa shape index (κ1) is 13.2. The number of rotatable bonds is 5. The lowest BCUT2D eigenvalue weighted by atomic mass is 10.1. The van der Waals surface area contributed by atoms with Crippen LogP contribution >= 0.6 is 0 Å². The fourth-order valence-corrected chi connectivity index (χ4v) is 2.75. The number of methoxy groups -OCH3 is 2. The highest BCUT2D eigenvalue weighted by Crippen LogP contribution is 2.23. The van der Waals surface area contributed by atoms with Crippen LogP contribution in [0.2, 0.25) is 0 Å². The summed E-state index contributed by atoms with van der Waals surface area (Å²) in [6.45, 7) is 3.35. The summed E-state index contributed by atoms with van der Waals surface area (Å²) in [4.78, 5) is 0. The Labute approximate surface area is 109 Å². The van der Waals surface area contributed by atoms with Gasteiger partial charge in [0.05, 0.1) is 20.3 Å². The van der Waals surface area contributed by atoms with E-state index in [1.807, 2.05) is 6.07 Å². The fourth-order valence-electron chi connectivity index (χ4n) is 2.75. The predicted molar refractivity (Wildman–Crippen MR) is 72.0 cm³/mol. The van der Waals surface area contributed by atoms with E-state index in [0.29, 0.717) is 0 Å². The van der Waals surface area contributed by atoms with Gasteiger partial charge in [0.25, 0.3) is 0 Å². The molecule has 3 nitrogen and oxygen atoms in total. The van der Waals surface area contributed by atoms with Crippen LogP contribution in [0.4, 0.5) is 0 Å². The van der Waals surface area contributed by atoms with Crippen molar-refractivity contribution in [3.63, 3.8) is 0 Å². The molecule has 2 N–H and O–H groups in total. The number of benzene rings is 1. The van der Waals surface area contributed by atoms with E-state index in [0.717, 1.165) is 30.0 Å². The van der Waals surface area contributed by atoms with Crippen LogP contribution in [0.15, 0.2) is 18.2 Å². The van der Waals surface area contributed by atoms with E-state index in [2.05, 4.69) is 24.4 Å². The van der Waals surface area contributed by atoms with Crippen molar-refractivity contribution >= 4 is 0 Å². The van der Waals surface area contributed by atoms with Gasteiger partial charge in [0, 0.05) is 18.1 Å². The topological polar surface area (TPSA) is 35.1 Å². The number of hydrogen-bond donors (Lipinski definition) is 1. The van der Waals surface area contributed by atoms with Crippen LogP contribution < -0.4 is 14.8 Å². The first-order valence-electron chi connectivity index (χ1n) is 6.76. The Morgan fingerprint density at radius 1 is 1.11 bits per heavy atom. The molecule has 0 bridgehead atoms. The lowest BCUT2D eigenvalue weighted by molar-refractivity contribution is -0.703. The van der Waals surface area contributed by atoms with Gasteiger partial charge in [-0.15, -0.1) is 0 Å². The SMILES string of the molecule is COc1cc(C[NH2+][C@H]2CC[C@H](C)C2)cc(OC)c1. The number of hydrogen-bond acceptors (Lipinski definition) is 2. The third kappa shape index (κ3) is 3.39. The van der Waals surface area contributed by atoms with Crippen molar-refractivity contribution < 1.29 is 14.8 Å². The molecule has 1 aromatic rings. The molecule has 2 atom stereocenters. The van der Waals surface area contributed by atoms with Gasteiger partial charge in [0.15, 0.2) is 0 Å². The van der Waals surface area contributed by atoms with E-state index in [-0.39, 0.29) is 0 Å². The molecule has 1 aliphatic carbocycles. The molecular weight excluding hydrogens is 226 g/mol. The Bertz CT molecular complexity index is 370. The highest BCUT2D eigenvalue weighted by atomic mass is 16.5. The Morgan fingerprint density at radius 2 is 1.78 bits per heavy atom. The normalized spacial score (nSPS) is 23.1. The second kappa shape index (κ2) is 6.10. The molecule has 1 aromatic carbocycles. The average molecular weight is 250 g/mol. The molecule has 1 saturated carbocycles. The molecule has 0 heterocycles. The van der Waals surface area contributed by atoms with Crippen molar-refractivity contribution in [2.24, 2.45) is 5.92 Å². The highest BCUT2D eigenvalue weighted by Gasteiger charge is 2.23. The molecule has 1 fully saturated rings. The standard InChI is InChI=1S/C15H23NO2/c1-11-4-5-13(6-11)16-10-12-7-14(17-2)9-15(8-12)18-3/h7-9,11,13,16H,4-6,10H2,1-3H3/p+1/t11-,13-/m0/s1. The van der Waals surface area contributed by atoms with Gasteiger partial charge in [-0.25, -0.2) is 0 Å². The molecule has 100 valence electrons. The van der Waals surface area contributed by atoms with Crippen molar-refractivity contribution in [1.29, 1.82) is 0 Å². The Balaban J connectivity index is 1.95. The molecule has 0 spiro atoms. The minimum atomic E-state index is 0.789. The first-order chi connectivity index (χ1) is 8.71. The molecule has 0 saturated heterocycles. The van der Waals surface area contributed by atoms with E-state index in [1.54, 1.807) is 14.2 Å². The molecule has 0 aromatic heterocycles. The zero-order valence-corrected chi connectivity index (χ0v) is 11.6. The first-order valence-corrected chi connectivity index (χ1v) is 6.76. The average Bonchev–Trinajstić information content (AvgIpc) is 2.81. The second-order valence-corrected chi connectivity index (χ2v) is 5.34. The smallest absolute Gasteiger partial charge is 0.123 e. The fraction of sp³-hybridized carbons (Fsp3) is 0.600. The second-order valence-electron chi connectivity index (χ2n) is 5.34. The Kier molecular flexibility index (Phi) is 4.48. The van der Waals surface area contributed by atoms with Crippen molar-refractivity contribution in [2.45, 2.75) is 38.8 Å². The summed E-state index contributed by atoms with van der Waals surface area (Å²) >= 11 is 0. The molecule has 2 rings (SSSR count). The third-order valence-corrected chi connectivity index (χ3v) is 3.83. The lowest BCUT2D eigenvalue weighted by Crippen LogP contribution is -2.88. The maximum atomic E-state index is 5.29. The highest BCUT2D eigenvalue weighted by molar-refractivity contribution is 5.38. The molecule has 1 aliphatic rings. The largest absolute Gasteiger partial charge is 0.497 e. The summed E-state index contributed by atoms with van der Waals surface area (Å²) in [6.07, 6.45) is 4.08. The van der Waals surface area contributed by atoms with Crippen molar-refractivity contribution in [3.8, 4) is 11.5 Å². The zero-order chi connectivity index (χ0) is 13.0. The summed E-state index contributed by atoms with van der Waals surface area (Å²) in [5.41, 5.74) is 1.27. The monoisotopic (exact) mass is 250 g/mol. The molecule has 0 aliphatic heterocycles. The van der Waals surface area contributed by atoms with Gasteiger partial charge >= 0.3 is 0 Å². The lowest BCUT2D eigenvalue weighted by Gasteiger charge is -2.11. The number of quaternary nitrogens is 1. The molecule has 18 heavy (non-hydrogen) atoms. The van der Waals surface area contributed by atoms with E-state index < -0.39 is 0 Å². The van der Waals surface area contributed by atoms with Gasteiger partial charge in [-0.1, -0.05) is 6.92 Å². The van der Waals surface area contributed by atoms with E-state index >= 15 is 0 Å². The quantitative estimate of drug-likeness (QED) is 0.867. The van der Waals surface area contributed by atoms with Crippen LogP contribution in [0.25, 0.3) is 0 Å². The van der Waals surface area contributed by atoms with Gasteiger partial charge in [0.2, 0.25) is 0 Å². The number of nitrogens with two attached hydrogens (primary N) is 1. The molecule has 3 heteroatoms. The van der Waals surface area contributed by atoms with Gasteiger partial charge in [-0.05, 0) is 30.9 Å². The third-order valence-electron chi connectivity index (χ3n) is 3.83. The predicted octanol–water partition coefficient (Wildman–Crippen LogP) is 1.96. The van der Waals surface area contributed by atoms with E-state index in [4.69, 9.17) is 9.47 Å². The Morgan fingerprint density at radius 3 is 2.28 bits per heavy atom. The van der Waals surface area contributed by atoms with Crippen LogP contribution in [0, 0.1) is 5.92 Å². The van der Waals surface area contributed by atoms with E-state index in [9.17, 15) is 0 Å². The maximum Gasteiger partial charge on any atom is 0.123 e.